The van der Waals surface area contributed by atoms with Crippen molar-refractivity contribution in [3.8, 4) is 5.75 Å². The maximum absolute atomic E-state index is 6.48. The van der Waals surface area contributed by atoms with E-state index in [2.05, 4.69) is 6.92 Å². The van der Waals surface area contributed by atoms with Gasteiger partial charge in [0.25, 0.3) is 0 Å². The Morgan fingerprint density at radius 2 is 2.20 bits per heavy atom. The van der Waals surface area contributed by atoms with Crippen LogP contribution in [0.25, 0.3) is 0 Å². The minimum absolute atomic E-state index is 0.162. The first kappa shape index (κ1) is 14.9. The van der Waals surface area contributed by atoms with Crippen molar-refractivity contribution in [2.24, 2.45) is 5.73 Å². The molecule has 2 aliphatic heterocycles. The third kappa shape index (κ3) is 3.08. The summed E-state index contributed by atoms with van der Waals surface area (Å²) >= 11 is 10.3. The van der Waals surface area contributed by atoms with E-state index in [0.29, 0.717) is 10.5 Å². The molecule has 2 N–H and O–H groups in total. The number of nitrogens with two attached hydrogens (primary N) is 1. The summed E-state index contributed by atoms with van der Waals surface area (Å²) in [6.07, 6.45) is 1.81. The van der Waals surface area contributed by atoms with Crippen molar-refractivity contribution in [3.05, 3.63) is 28.3 Å². The molecule has 0 amide bonds. The molecule has 0 saturated carbocycles. The summed E-state index contributed by atoms with van der Waals surface area (Å²) in [5.74, 6) is 3.48. The lowest BCUT2D eigenvalue weighted by Crippen LogP contribution is -2.42. The van der Waals surface area contributed by atoms with Crippen LogP contribution in [0.15, 0.2) is 12.1 Å². The standard InChI is InChI=1S/C15H20ClNOS2/c1-9-15(20-5-4-19-9)13(17)8-11-7-12(16)6-10-2-3-18-14(10)11/h6-7,9,13,15H,2-5,8,17H2,1H3. The summed E-state index contributed by atoms with van der Waals surface area (Å²) in [7, 11) is 0. The first-order valence-corrected chi connectivity index (χ1v) is 9.55. The molecule has 2 aliphatic rings. The van der Waals surface area contributed by atoms with Gasteiger partial charge in [0.15, 0.2) is 0 Å². The van der Waals surface area contributed by atoms with Crippen LogP contribution in [0.1, 0.15) is 18.1 Å². The highest BCUT2D eigenvalue weighted by Crippen LogP contribution is 2.37. The number of halogens is 1. The van der Waals surface area contributed by atoms with Crippen molar-refractivity contribution >= 4 is 35.1 Å². The predicted octanol–water partition coefficient (Wildman–Crippen LogP) is 3.38. The molecule has 0 aromatic heterocycles. The van der Waals surface area contributed by atoms with Crippen molar-refractivity contribution in [1.82, 2.24) is 0 Å². The second kappa shape index (κ2) is 6.39. The minimum atomic E-state index is 0.162. The maximum atomic E-state index is 6.48. The Morgan fingerprint density at radius 1 is 1.40 bits per heavy atom. The SMILES string of the molecule is CC1SCCSC1C(N)Cc1cc(Cl)cc2c1OCC2. The van der Waals surface area contributed by atoms with Crippen molar-refractivity contribution in [1.29, 1.82) is 0 Å². The van der Waals surface area contributed by atoms with Crippen LogP contribution in [0.3, 0.4) is 0 Å². The normalized spacial score (nSPS) is 26.9. The fraction of sp³-hybridized carbons (Fsp3) is 0.600. The molecule has 3 atom stereocenters. The highest BCUT2D eigenvalue weighted by molar-refractivity contribution is 8.07. The van der Waals surface area contributed by atoms with Crippen molar-refractivity contribution in [3.63, 3.8) is 0 Å². The molecule has 20 heavy (non-hydrogen) atoms. The van der Waals surface area contributed by atoms with Crippen LogP contribution in [0.2, 0.25) is 5.02 Å². The van der Waals surface area contributed by atoms with Gasteiger partial charge in [-0.25, -0.2) is 0 Å². The van der Waals surface area contributed by atoms with Crippen molar-refractivity contribution in [2.75, 3.05) is 18.1 Å². The molecule has 1 aromatic rings. The molecule has 0 radical (unpaired) electrons. The first-order valence-electron chi connectivity index (χ1n) is 7.08. The Labute approximate surface area is 134 Å². The van der Waals surface area contributed by atoms with Gasteiger partial charge in [0.2, 0.25) is 0 Å². The maximum Gasteiger partial charge on any atom is 0.125 e. The van der Waals surface area contributed by atoms with E-state index in [1.807, 2.05) is 35.7 Å². The van der Waals surface area contributed by atoms with E-state index in [4.69, 9.17) is 22.1 Å². The predicted molar refractivity (Wildman–Crippen MR) is 90.5 cm³/mol. The molecule has 3 unspecified atom stereocenters. The number of ether oxygens (including phenoxy) is 1. The van der Waals surface area contributed by atoms with Gasteiger partial charge in [0, 0.05) is 39.5 Å². The van der Waals surface area contributed by atoms with Gasteiger partial charge in [-0.2, -0.15) is 23.5 Å². The van der Waals surface area contributed by atoms with Gasteiger partial charge in [0.1, 0.15) is 5.75 Å². The molecule has 1 fully saturated rings. The van der Waals surface area contributed by atoms with Crippen LogP contribution in [-0.4, -0.2) is 34.7 Å². The molecule has 1 saturated heterocycles. The van der Waals surface area contributed by atoms with Crippen LogP contribution in [0.5, 0.6) is 5.75 Å². The summed E-state index contributed by atoms with van der Waals surface area (Å²) in [5.41, 5.74) is 8.90. The van der Waals surface area contributed by atoms with E-state index in [-0.39, 0.29) is 6.04 Å². The topological polar surface area (TPSA) is 35.2 Å². The largest absolute Gasteiger partial charge is 0.493 e. The number of rotatable bonds is 3. The first-order chi connectivity index (χ1) is 9.65. The number of fused-ring (bicyclic) bond motifs is 1. The summed E-state index contributed by atoms with van der Waals surface area (Å²) in [4.78, 5) is 0. The van der Waals surface area contributed by atoms with Gasteiger partial charge in [-0.05, 0) is 29.7 Å². The second-order valence-corrected chi connectivity index (χ2v) is 8.64. The lowest BCUT2D eigenvalue weighted by Gasteiger charge is -2.32. The van der Waals surface area contributed by atoms with Crippen molar-refractivity contribution < 1.29 is 4.74 Å². The molecule has 1 aromatic carbocycles. The van der Waals surface area contributed by atoms with Gasteiger partial charge in [-0.3, -0.25) is 0 Å². The Morgan fingerprint density at radius 3 is 3.00 bits per heavy atom. The van der Waals surface area contributed by atoms with Gasteiger partial charge >= 0.3 is 0 Å². The smallest absolute Gasteiger partial charge is 0.125 e. The Kier molecular flexibility index (Phi) is 4.75. The monoisotopic (exact) mass is 329 g/mol. The number of hydrogen-bond donors (Lipinski definition) is 1. The highest BCUT2D eigenvalue weighted by atomic mass is 35.5. The zero-order valence-electron chi connectivity index (χ0n) is 11.6. The Hall–Kier alpha value is -0.0300. The average molecular weight is 330 g/mol. The lowest BCUT2D eigenvalue weighted by atomic mass is 9.99. The zero-order valence-corrected chi connectivity index (χ0v) is 14.0. The Balaban J connectivity index is 1.77. The fourth-order valence-corrected chi connectivity index (χ4v) is 6.14. The molecule has 0 bridgehead atoms. The van der Waals surface area contributed by atoms with E-state index in [0.717, 1.165) is 30.2 Å². The molecule has 0 aliphatic carbocycles. The average Bonchev–Trinajstić information content (AvgIpc) is 2.87. The number of hydrogen-bond acceptors (Lipinski definition) is 4. The molecular formula is C15H20ClNOS2. The molecule has 0 spiro atoms. The van der Waals surface area contributed by atoms with E-state index in [1.54, 1.807) is 0 Å². The van der Waals surface area contributed by atoms with E-state index in [9.17, 15) is 0 Å². The van der Waals surface area contributed by atoms with Crippen LogP contribution in [-0.2, 0) is 12.8 Å². The zero-order chi connectivity index (χ0) is 14.1. The number of benzene rings is 1. The molecule has 110 valence electrons. The molecule has 3 rings (SSSR count). The summed E-state index contributed by atoms with van der Waals surface area (Å²) in [6.45, 7) is 3.06. The highest BCUT2D eigenvalue weighted by Gasteiger charge is 2.29. The quantitative estimate of drug-likeness (QED) is 0.922. The van der Waals surface area contributed by atoms with Gasteiger partial charge in [-0.15, -0.1) is 0 Å². The van der Waals surface area contributed by atoms with Crippen LogP contribution >= 0.6 is 35.1 Å². The molecular weight excluding hydrogens is 310 g/mol. The Bertz CT molecular complexity index is 497. The van der Waals surface area contributed by atoms with E-state index < -0.39 is 0 Å². The summed E-state index contributed by atoms with van der Waals surface area (Å²) < 4.78 is 5.77. The third-order valence-electron chi connectivity index (χ3n) is 3.94. The van der Waals surface area contributed by atoms with Gasteiger partial charge in [-0.1, -0.05) is 18.5 Å². The second-order valence-electron chi connectivity index (χ2n) is 5.43. The van der Waals surface area contributed by atoms with E-state index >= 15 is 0 Å². The molecule has 5 heteroatoms. The van der Waals surface area contributed by atoms with Crippen LogP contribution < -0.4 is 10.5 Å². The van der Waals surface area contributed by atoms with Crippen molar-refractivity contribution in [2.45, 2.75) is 36.3 Å². The third-order valence-corrected chi connectivity index (χ3v) is 7.43. The summed E-state index contributed by atoms with van der Waals surface area (Å²) in [6, 6.07) is 4.21. The van der Waals surface area contributed by atoms with Crippen LogP contribution in [0.4, 0.5) is 0 Å². The number of thioether (sulfide) groups is 2. The molecule has 2 nitrogen and oxygen atoms in total. The minimum Gasteiger partial charge on any atom is -0.493 e. The van der Waals surface area contributed by atoms with Gasteiger partial charge in [0.05, 0.1) is 6.61 Å². The van der Waals surface area contributed by atoms with Gasteiger partial charge < -0.3 is 10.5 Å². The fourth-order valence-electron chi connectivity index (χ4n) is 2.99. The lowest BCUT2D eigenvalue weighted by molar-refractivity contribution is 0.352. The van der Waals surface area contributed by atoms with Crippen LogP contribution in [0, 0.1) is 0 Å². The summed E-state index contributed by atoms with van der Waals surface area (Å²) in [5, 5.41) is 1.94. The van der Waals surface area contributed by atoms with E-state index in [1.165, 1.54) is 22.6 Å². The molecule has 2 heterocycles.